The third kappa shape index (κ3) is 8.58. The molecule has 41 heavy (non-hydrogen) atoms. The molecule has 0 bridgehead atoms. The summed E-state index contributed by atoms with van der Waals surface area (Å²) in [4.78, 5) is 26.4. The molecule has 0 spiro atoms. The zero-order chi connectivity index (χ0) is 28.9. The molecule has 0 unspecified atom stereocenters. The van der Waals surface area contributed by atoms with Crippen LogP contribution in [-0.4, -0.2) is 63.0 Å². The Bertz CT molecular complexity index is 1220. The molecule has 3 aromatic rings. The van der Waals surface area contributed by atoms with Crippen LogP contribution in [0.2, 0.25) is 0 Å². The fourth-order valence-corrected chi connectivity index (χ4v) is 4.52. The first-order valence-corrected chi connectivity index (χ1v) is 13.6. The zero-order valence-electron chi connectivity index (χ0n) is 23.1. The Labute approximate surface area is 240 Å². The molecule has 3 aromatic carbocycles. The van der Waals surface area contributed by atoms with Crippen molar-refractivity contribution in [1.29, 1.82) is 0 Å². The van der Waals surface area contributed by atoms with Gasteiger partial charge in [0.1, 0.15) is 12.2 Å². The monoisotopic (exact) mass is 560 g/mol. The van der Waals surface area contributed by atoms with Crippen LogP contribution in [0.3, 0.4) is 0 Å². The van der Waals surface area contributed by atoms with Gasteiger partial charge in [-0.3, -0.25) is 0 Å². The van der Waals surface area contributed by atoms with Gasteiger partial charge in [-0.1, -0.05) is 72.8 Å². The first kappa shape index (κ1) is 30.1. The molecule has 1 aliphatic rings. The summed E-state index contributed by atoms with van der Waals surface area (Å²) in [6.45, 7) is 4.54. The first-order chi connectivity index (χ1) is 20.1. The minimum atomic E-state index is -1.12. The van der Waals surface area contributed by atoms with E-state index in [0.29, 0.717) is 30.8 Å². The van der Waals surface area contributed by atoms with Gasteiger partial charge in [0.25, 0.3) is 0 Å². The number of hydrogen-bond donors (Lipinski definition) is 0. The second kappa shape index (κ2) is 15.8. The number of allylic oxidation sites excluding steroid dienone is 1. The number of rotatable bonds is 14. The highest BCUT2D eigenvalue weighted by Crippen LogP contribution is 2.31. The van der Waals surface area contributed by atoms with Gasteiger partial charge in [-0.2, -0.15) is 0 Å². The third-order valence-electron chi connectivity index (χ3n) is 6.60. The van der Waals surface area contributed by atoms with Gasteiger partial charge < -0.3 is 28.4 Å². The van der Waals surface area contributed by atoms with E-state index < -0.39 is 42.6 Å². The van der Waals surface area contributed by atoms with E-state index in [1.54, 1.807) is 66.7 Å². The molecule has 1 fully saturated rings. The van der Waals surface area contributed by atoms with Crippen LogP contribution in [0.5, 0.6) is 0 Å². The largest absolute Gasteiger partial charge is 0.452 e. The van der Waals surface area contributed by atoms with Crippen molar-refractivity contribution in [3.63, 3.8) is 0 Å². The molecule has 0 saturated carbocycles. The smallest absolute Gasteiger partial charge is 0.338 e. The van der Waals surface area contributed by atoms with Crippen LogP contribution in [-0.2, 0) is 35.0 Å². The molecule has 0 aromatic heterocycles. The molecule has 0 amide bonds. The summed E-state index contributed by atoms with van der Waals surface area (Å²) < 4.78 is 36.2. The normalized spacial score (nSPS) is 22.0. The predicted octanol–water partition coefficient (Wildman–Crippen LogP) is 5.38. The van der Waals surface area contributed by atoms with E-state index in [9.17, 15) is 9.59 Å². The maximum Gasteiger partial charge on any atom is 0.338 e. The number of carbonyl (C=O) groups excluding carboxylic acids is 2. The van der Waals surface area contributed by atoms with Gasteiger partial charge in [0.05, 0.1) is 30.9 Å². The van der Waals surface area contributed by atoms with Gasteiger partial charge in [0, 0.05) is 7.11 Å². The molecule has 1 saturated heterocycles. The maximum atomic E-state index is 13.2. The molecule has 8 heteroatoms. The molecular formula is C33H36O8. The van der Waals surface area contributed by atoms with Crippen molar-refractivity contribution < 1.29 is 38.0 Å². The van der Waals surface area contributed by atoms with Crippen LogP contribution in [0.1, 0.15) is 39.1 Å². The lowest BCUT2D eigenvalue weighted by molar-refractivity contribution is -0.304. The minimum Gasteiger partial charge on any atom is -0.452 e. The Kier molecular flexibility index (Phi) is 11.6. The Morgan fingerprint density at radius 3 is 1.93 bits per heavy atom. The molecule has 0 radical (unpaired) electrons. The van der Waals surface area contributed by atoms with Crippen molar-refractivity contribution in [3.05, 3.63) is 120 Å². The molecular weight excluding hydrogens is 524 g/mol. The van der Waals surface area contributed by atoms with Gasteiger partial charge >= 0.3 is 11.9 Å². The Morgan fingerprint density at radius 2 is 1.37 bits per heavy atom. The van der Waals surface area contributed by atoms with Crippen LogP contribution in [0.25, 0.3) is 0 Å². The van der Waals surface area contributed by atoms with E-state index in [-0.39, 0.29) is 6.61 Å². The summed E-state index contributed by atoms with van der Waals surface area (Å²) in [7, 11) is 1.49. The number of esters is 2. The van der Waals surface area contributed by atoms with Crippen LogP contribution in [0.4, 0.5) is 0 Å². The van der Waals surface area contributed by atoms with Gasteiger partial charge in [-0.05, 0) is 42.7 Å². The number of methoxy groups -OCH3 is 1. The van der Waals surface area contributed by atoms with Crippen LogP contribution in [0.15, 0.2) is 104 Å². The highest BCUT2D eigenvalue weighted by atomic mass is 16.7. The van der Waals surface area contributed by atoms with E-state index >= 15 is 0 Å². The van der Waals surface area contributed by atoms with Crippen LogP contribution in [0, 0.1) is 0 Å². The molecule has 1 aliphatic heterocycles. The van der Waals surface area contributed by atoms with Crippen molar-refractivity contribution in [2.45, 2.75) is 50.2 Å². The fraction of sp³-hybridized carbons (Fsp3) is 0.333. The van der Waals surface area contributed by atoms with E-state index in [2.05, 4.69) is 6.58 Å². The lowest BCUT2D eigenvalue weighted by Gasteiger charge is -2.44. The summed E-state index contributed by atoms with van der Waals surface area (Å²) in [5, 5.41) is 0. The van der Waals surface area contributed by atoms with Gasteiger partial charge in [0.2, 0.25) is 0 Å². The number of benzene rings is 3. The van der Waals surface area contributed by atoms with Crippen molar-refractivity contribution in [3.8, 4) is 0 Å². The number of ether oxygens (including phenoxy) is 6. The van der Waals surface area contributed by atoms with Crippen molar-refractivity contribution in [2.75, 3.05) is 20.3 Å². The molecule has 216 valence electrons. The Morgan fingerprint density at radius 1 is 0.805 bits per heavy atom. The average molecular weight is 561 g/mol. The molecule has 0 aliphatic carbocycles. The lowest BCUT2D eigenvalue weighted by atomic mass is 9.98. The standard InChI is InChI=1S/C33H36O8/c1-3-4-14-21-38-33-30(41-32(35)26-19-12-7-13-20-26)29(40-31(34)25-17-10-6-11-18-25)28(36-2)27(39-33)23-37-22-24-15-8-5-9-16-24/h3,5-13,15-20,27-30,33H,1,4,14,21-23H2,2H3/t27-,28+,29+,30-,33-/m1/s1. The SMILES string of the molecule is C=CCCCO[C@@H]1O[C@H](COCc2ccccc2)[C@H](OC)[C@H](OC(=O)c2ccccc2)[C@H]1OC(=O)c1ccccc1. The van der Waals surface area contributed by atoms with Gasteiger partial charge in [-0.15, -0.1) is 6.58 Å². The number of carbonyl (C=O) groups is 2. The lowest BCUT2D eigenvalue weighted by Crippen LogP contribution is -2.62. The van der Waals surface area contributed by atoms with Crippen molar-refractivity contribution in [1.82, 2.24) is 0 Å². The minimum absolute atomic E-state index is 0.124. The van der Waals surface area contributed by atoms with E-state index in [0.717, 1.165) is 12.0 Å². The number of hydrogen-bond acceptors (Lipinski definition) is 8. The summed E-state index contributed by atoms with van der Waals surface area (Å²) in [5.41, 5.74) is 1.69. The highest BCUT2D eigenvalue weighted by Gasteiger charge is 2.51. The summed E-state index contributed by atoms with van der Waals surface area (Å²) in [5.74, 6) is -1.19. The molecule has 4 rings (SSSR count). The van der Waals surface area contributed by atoms with E-state index in [1.165, 1.54) is 7.11 Å². The van der Waals surface area contributed by atoms with E-state index in [1.807, 2.05) is 30.3 Å². The third-order valence-corrected chi connectivity index (χ3v) is 6.60. The maximum absolute atomic E-state index is 13.2. The molecule has 0 N–H and O–H groups in total. The quantitative estimate of drug-likeness (QED) is 0.148. The van der Waals surface area contributed by atoms with Crippen molar-refractivity contribution in [2.24, 2.45) is 0 Å². The molecule has 1 heterocycles. The highest BCUT2D eigenvalue weighted by molar-refractivity contribution is 5.90. The fourth-order valence-electron chi connectivity index (χ4n) is 4.52. The van der Waals surface area contributed by atoms with Crippen LogP contribution >= 0.6 is 0 Å². The van der Waals surface area contributed by atoms with Crippen molar-refractivity contribution >= 4 is 11.9 Å². The summed E-state index contributed by atoms with van der Waals surface area (Å²) >= 11 is 0. The predicted molar refractivity (Wildman–Crippen MR) is 152 cm³/mol. The summed E-state index contributed by atoms with van der Waals surface area (Å²) in [6, 6.07) is 26.9. The van der Waals surface area contributed by atoms with E-state index in [4.69, 9.17) is 28.4 Å². The second-order valence-corrected chi connectivity index (χ2v) is 9.52. The number of unbranched alkanes of at least 4 members (excludes halogenated alkanes) is 1. The van der Waals surface area contributed by atoms with Crippen LogP contribution < -0.4 is 0 Å². The molecule has 8 nitrogen and oxygen atoms in total. The first-order valence-electron chi connectivity index (χ1n) is 13.6. The summed E-state index contributed by atoms with van der Waals surface area (Å²) in [6.07, 6.45) is -1.51. The Balaban J connectivity index is 1.60. The topological polar surface area (TPSA) is 89.5 Å². The zero-order valence-corrected chi connectivity index (χ0v) is 23.1. The van der Waals surface area contributed by atoms with Gasteiger partial charge in [-0.25, -0.2) is 9.59 Å². The van der Waals surface area contributed by atoms with Gasteiger partial charge in [0.15, 0.2) is 18.5 Å². The average Bonchev–Trinajstić information content (AvgIpc) is 3.02. The molecule has 5 atom stereocenters. The second-order valence-electron chi connectivity index (χ2n) is 9.52. The Hall–Kier alpha value is -3.82.